The minimum absolute atomic E-state index is 0.00544. The Morgan fingerprint density at radius 3 is 2.60 bits per heavy atom. The van der Waals surface area contributed by atoms with Gasteiger partial charge in [0, 0.05) is 45.8 Å². The van der Waals surface area contributed by atoms with Crippen molar-refractivity contribution in [3.8, 4) is 0 Å². The molecule has 0 bridgehead atoms. The number of benzene rings is 1. The van der Waals surface area contributed by atoms with Gasteiger partial charge in [-0.1, -0.05) is 18.2 Å². The monoisotopic (exact) mass is 429 g/mol. The first-order valence-corrected chi connectivity index (χ1v) is 11.0. The predicted molar refractivity (Wildman–Crippen MR) is 123 cm³/mol. The highest BCUT2D eigenvalue weighted by Crippen LogP contribution is 2.08. The smallest absolute Gasteiger partial charge is 0.261 e. The van der Waals surface area contributed by atoms with Crippen LogP contribution in [0.4, 0.5) is 0 Å². The van der Waals surface area contributed by atoms with Gasteiger partial charge in [0.2, 0.25) is 0 Å². The molecular weight excluding hydrogens is 398 g/mol. The van der Waals surface area contributed by atoms with E-state index in [0.717, 1.165) is 35.8 Å². The number of carbonyl (C=O) groups is 2. The van der Waals surface area contributed by atoms with Gasteiger partial charge in [-0.05, 0) is 48.9 Å². The van der Waals surface area contributed by atoms with Crippen molar-refractivity contribution in [1.82, 2.24) is 20.9 Å². The molecule has 162 valence electrons. The first-order valence-electron chi connectivity index (χ1n) is 10.2. The molecule has 0 fully saturated rings. The summed E-state index contributed by atoms with van der Waals surface area (Å²) in [6.07, 6.45) is 1.55. The Morgan fingerprint density at radius 1 is 1.07 bits per heavy atom. The van der Waals surface area contributed by atoms with Gasteiger partial charge < -0.3 is 20.9 Å². The molecule has 2 amide bonds. The Morgan fingerprint density at radius 2 is 1.90 bits per heavy atom. The molecule has 1 heterocycles. The highest BCUT2D eigenvalue weighted by molar-refractivity contribution is 7.12. The van der Waals surface area contributed by atoms with Crippen LogP contribution < -0.4 is 16.0 Å². The average molecular weight is 430 g/mol. The molecule has 0 unspecified atom stereocenters. The third-order valence-electron chi connectivity index (χ3n) is 4.27. The number of guanidine groups is 1. The normalized spacial score (nSPS) is 11.1. The molecule has 3 N–H and O–H groups in total. The third-order valence-corrected chi connectivity index (χ3v) is 5.13. The summed E-state index contributed by atoms with van der Waals surface area (Å²) in [5.74, 6) is 0.725. The van der Waals surface area contributed by atoms with Crippen LogP contribution in [0.5, 0.6) is 0 Å². The van der Waals surface area contributed by atoms with Crippen LogP contribution in [0.25, 0.3) is 0 Å². The van der Waals surface area contributed by atoms with Gasteiger partial charge in [0.15, 0.2) is 5.96 Å². The quantitative estimate of drug-likeness (QED) is 0.307. The molecule has 2 rings (SSSR count). The average Bonchev–Trinajstić information content (AvgIpc) is 3.28. The van der Waals surface area contributed by atoms with Crippen molar-refractivity contribution in [2.75, 3.05) is 40.3 Å². The highest BCUT2D eigenvalue weighted by Gasteiger charge is 2.08. The summed E-state index contributed by atoms with van der Waals surface area (Å²) < 4.78 is 0. The lowest BCUT2D eigenvalue weighted by atomic mass is 10.1. The lowest BCUT2D eigenvalue weighted by molar-refractivity contribution is 0.0827. The number of aliphatic imine (C=N–C) groups is 1. The van der Waals surface area contributed by atoms with Crippen LogP contribution in [0.15, 0.2) is 46.8 Å². The molecule has 0 saturated carbocycles. The molecule has 0 aliphatic rings. The number of hydrogen-bond donors (Lipinski definition) is 3. The van der Waals surface area contributed by atoms with Gasteiger partial charge in [-0.2, -0.15) is 0 Å². The molecule has 0 aliphatic carbocycles. The van der Waals surface area contributed by atoms with Crippen LogP contribution in [-0.2, 0) is 6.42 Å². The van der Waals surface area contributed by atoms with Gasteiger partial charge in [-0.3, -0.25) is 14.6 Å². The topological polar surface area (TPSA) is 85.8 Å². The van der Waals surface area contributed by atoms with E-state index in [0.29, 0.717) is 25.2 Å². The number of thiophene rings is 1. The first kappa shape index (κ1) is 23.4. The van der Waals surface area contributed by atoms with Crippen LogP contribution in [0, 0.1) is 0 Å². The Bertz CT molecular complexity index is 834. The maximum absolute atomic E-state index is 12.1. The number of amides is 2. The second-order valence-electron chi connectivity index (χ2n) is 6.92. The first-order chi connectivity index (χ1) is 14.5. The van der Waals surface area contributed by atoms with Crippen molar-refractivity contribution in [3.05, 3.63) is 57.8 Å². The summed E-state index contributed by atoms with van der Waals surface area (Å²) in [4.78, 5) is 30.9. The molecule has 1 aromatic carbocycles. The van der Waals surface area contributed by atoms with E-state index in [1.54, 1.807) is 19.0 Å². The maximum atomic E-state index is 12.1. The summed E-state index contributed by atoms with van der Waals surface area (Å²) in [7, 11) is 3.51. The van der Waals surface area contributed by atoms with E-state index in [1.165, 1.54) is 11.3 Å². The SMILES string of the molecule is CCNC(=NCCCNC(=O)c1cccs1)NCCc1cccc(C(=O)N(C)C)c1. The van der Waals surface area contributed by atoms with E-state index in [-0.39, 0.29) is 11.8 Å². The van der Waals surface area contributed by atoms with E-state index < -0.39 is 0 Å². The Kier molecular flexibility index (Phi) is 9.86. The molecule has 2 aromatic rings. The second kappa shape index (κ2) is 12.6. The molecule has 8 heteroatoms. The minimum Gasteiger partial charge on any atom is -0.357 e. The summed E-state index contributed by atoms with van der Waals surface area (Å²) in [5, 5.41) is 11.3. The zero-order chi connectivity index (χ0) is 21.8. The predicted octanol–water partition coefficient (Wildman–Crippen LogP) is 2.37. The van der Waals surface area contributed by atoms with Crippen molar-refractivity contribution < 1.29 is 9.59 Å². The zero-order valence-corrected chi connectivity index (χ0v) is 18.7. The van der Waals surface area contributed by atoms with E-state index in [2.05, 4.69) is 20.9 Å². The fourth-order valence-electron chi connectivity index (χ4n) is 2.75. The summed E-state index contributed by atoms with van der Waals surface area (Å²) in [5.41, 5.74) is 1.80. The minimum atomic E-state index is -0.0333. The van der Waals surface area contributed by atoms with E-state index in [9.17, 15) is 9.59 Å². The van der Waals surface area contributed by atoms with Gasteiger partial charge in [-0.25, -0.2) is 0 Å². The van der Waals surface area contributed by atoms with Gasteiger partial charge >= 0.3 is 0 Å². The molecular formula is C22H31N5O2S. The number of rotatable bonds is 10. The van der Waals surface area contributed by atoms with Crippen LogP contribution in [-0.4, -0.2) is 62.9 Å². The molecule has 0 spiro atoms. The fourth-order valence-corrected chi connectivity index (χ4v) is 3.39. The van der Waals surface area contributed by atoms with Crippen LogP contribution in [0.1, 0.15) is 38.9 Å². The van der Waals surface area contributed by atoms with E-state index in [1.807, 2.05) is 48.7 Å². The van der Waals surface area contributed by atoms with Gasteiger partial charge in [0.1, 0.15) is 0 Å². The van der Waals surface area contributed by atoms with Gasteiger partial charge in [0.05, 0.1) is 4.88 Å². The van der Waals surface area contributed by atoms with Gasteiger partial charge in [0.25, 0.3) is 11.8 Å². The second-order valence-corrected chi connectivity index (χ2v) is 7.87. The lowest BCUT2D eigenvalue weighted by Gasteiger charge is -2.13. The van der Waals surface area contributed by atoms with E-state index >= 15 is 0 Å². The standard InChI is InChI=1S/C22H31N5O2S/c1-4-23-22(25-13-7-12-24-20(28)19-10-6-15-30-19)26-14-11-17-8-5-9-18(16-17)21(29)27(2)3/h5-6,8-10,15-16H,4,7,11-14H2,1-3H3,(H,24,28)(H2,23,25,26). The number of carbonyl (C=O) groups excluding carboxylic acids is 2. The van der Waals surface area contributed by atoms with Crippen molar-refractivity contribution in [1.29, 1.82) is 0 Å². The van der Waals surface area contributed by atoms with Crippen LogP contribution in [0.3, 0.4) is 0 Å². The number of hydrogen-bond acceptors (Lipinski definition) is 4. The molecule has 0 aliphatic heterocycles. The maximum Gasteiger partial charge on any atom is 0.261 e. The Balaban J connectivity index is 1.75. The van der Waals surface area contributed by atoms with Crippen LogP contribution >= 0.6 is 11.3 Å². The summed E-state index contributed by atoms with van der Waals surface area (Å²) >= 11 is 1.44. The van der Waals surface area contributed by atoms with Gasteiger partial charge in [-0.15, -0.1) is 11.3 Å². The van der Waals surface area contributed by atoms with Crippen molar-refractivity contribution in [2.24, 2.45) is 4.99 Å². The van der Waals surface area contributed by atoms with Crippen molar-refractivity contribution in [2.45, 2.75) is 19.8 Å². The molecule has 0 saturated heterocycles. The summed E-state index contributed by atoms with van der Waals surface area (Å²) in [6.45, 7) is 4.71. The number of nitrogens with zero attached hydrogens (tertiary/aromatic N) is 2. The van der Waals surface area contributed by atoms with E-state index in [4.69, 9.17) is 0 Å². The largest absolute Gasteiger partial charge is 0.357 e. The zero-order valence-electron chi connectivity index (χ0n) is 17.9. The van der Waals surface area contributed by atoms with Crippen molar-refractivity contribution >= 4 is 29.1 Å². The molecule has 7 nitrogen and oxygen atoms in total. The van der Waals surface area contributed by atoms with Crippen LogP contribution in [0.2, 0.25) is 0 Å². The van der Waals surface area contributed by atoms with Crippen molar-refractivity contribution in [3.63, 3.8) is 0 Å². The Labute approximate surface area is 182 Å². The molecule has 1 aromatic heterocycles. The molecule has 0 radical (unpaired) electrons. The molecule has 30 heavy (non-hydrogen) atoms. The third kappa shape index (κ3) is 7.87. The summed E-state index contributed by atoms with van der Waals surface area (Å²) in [6, 6.07) is 11.4. The number of nitrogens with one attached hydrogen (secondary N) is 3. The molecule has 0 atom stereocenters. The lowest BCUT2D eigenvalue weighted by Crippen LogP contribution is -2.38. The highest BCUT2D eigenvalue weighted by atomic mass is 32.1. The Hall–Kier alpha value is -2.87. The fraction of sp³-hybridized carbons (Fsp3) is 0.409.